The topological polar surface area (TPSA) is 85.4 Å². The van der Waals surface area contributed by atoms with Crippen LogP contribution in [0.4, 0.5) is 0 Å². The third kappa shape index (κ3) is 23.6. The Hall–Kier alpha value is -1.67. The van der Waals surface area contributed by atoms with E-state index in [1.54, 1.807) is 4.90 Å². The van der Waals surface area contributed by atoms with Crippen LogP contribution in [0, 0.1) is 11.8 Å². The number of esters is 2. The number of rotatable bonds is 34. The largest absolute Gasteiger partial charge is 0.464 e. The lowest BCUT2D eigenvalue weighted by Gasteiger charge is -2.34. The summed E-state index contributed by atoms with van der Waals surface area (Å²) in [5, 5.41) is 0. The predicted octanol–water partition coefficient (Wildman–Crippen LogP) is 10.3. The van der Waals surface area contributed by atoms with Crippen LogP contribution in [0.3, 0.4) is 0 Å². The molecule has 1 fully saturated rings. The second kappa shape index (κ2) is 32.9. The smallest absolute Gasteiger partial charge is 0.308 e. The second-order valence-electron chi connectivity index (χ2n) is 15.2. The molecule has 1 rings (SSSR count). The lowest BCUT2D eigenvalue weighted by molar-refractivity contribution is -0.153. The Morgan fingerprint density at radius 3 is 1.25 bits per heavy atom. The maximum atomic E-state index is 13.8. The van der Waals surface area contributed by atoms with Gasteiger partial charge in [0.1, 0.15) is 13.2 Å². The van der Waals surface area contributed by atoms with Gasteiger partial charge < -0.3 is 19.1 Å². The standard InChI is InChI=1S/C43H82N2O6/c1-6-10-14-18-20-24-28-39(26-22-16-12-8-3)42(47)50-36-32-45(41(46)38(5)44-30-34-49-35-31-44)33-37-51-43(48)40(27-23-17-13-9-4)29-25-21-19-15-11-7-2/h38-40H,6-37H2,1-5H3. The van der Waals surface area contributed by atoms with Crippen LogP contribution in [0.25, 0.3) is 0 Å². The summed E-state index contributed by atoms with van der Waals surface area (Å²) in [7, 11) is 0. The van der Waals surface area contributed by atoms with Crippen molar-refractivity contribution < 1.29 is 28.6 Å². The van der Waals surface area contributed by atoms with Crippen molar-refractivity contribution in [3.8, 4) is 0 Å². The Kier molecular flexibility index (Phi) is 30.6. The molecule has 1 amide bonds. The number of morpholine rings is 1. The first-order valence-electron chi connectivity index (χ1n) is 21.8. The highest BCUT2D eigenvalue weighted by Crippen LogP contribution is 2.22. The van der Waals surface area contributed by atoms with Gasteiger partial charge in [0.15, 0.2) is 0 Å². The van der Waals surface area contributed by atoms with Crippen LogP contribution in [0.1, 0.15) is 189 Å². The van der Waals surface area contributed by atoms with E-state index in [-0.39, 0.29) is 48.9 Å². The molecule has 3 unspecified atom stereocenters. The van der Waals surface area contributed by atoms with Gasteiger partial charge in [0.2, 0.25) is 5.91 Å². The molecule has 0 aromatic heterocycles. The number of unbranched alkanes of at least 4 members (excludes halogenated alkanes) is 16. The molecule has 1 aliphatic heterocycles. The summed E-state index contributed by atoms with van der Waals surface area (Å²) in [5.74, 6) is -0.422. The zero-order valence-electron chi connectivity index (χ0n) is 34.2. The second-order valence-corrected chi connectivity index (χ2v) is 15.2. The number of amides is 1. The minimum absolute atomic E-state index is 0.0182. The molecule has 0 spiro atoms. The highest BCUT2D eigenvalue weighted by molar-refractivity contribution is 5.81. The van der Waals surface area contributed by atoms with Crippen LogP contribution in [0.15, 0.2) is 0 Å². The first-order chi connectivity index (χ1) is 24.9. The average Bonchev–Trinajstić information content (AvgIpc) is 3.14. The summed E-state index contributed by atoms with van der Waals surface area (Å²) in [5.41, 5.74) is 0. The third-order valence-electron chi connectivity index (χ3n) is 10.8. The fourth-order valence-electron chi connectivity index (χ4n) is 7.20. The van der Waals surface area contributed by atoms with E-state index in [9.17, 15) is 14.4 Å². The average molecular weight is 723 g/mol. The van der Waals surface area contributed by atoms with Gasteiger partial charge in [0.05, 0.1) is 44.2 Å². The van der Waals surface area contributed by atoms with Gasteiger partial charge in [0.25, 0.3) is 0 Å². The molecule has 8 heteroatoms. The molecule has 0 N–H and O–H groups in total. The Morgan fingerprint density at radius 1 is 0.549 bits per heavy atom. The zero-order valence-corrected chi connectivity index (χ0v) is 34.2. The summed E-state index contributed by atoms with van der Waals surface area (Å²) in [6.07, 6.45) is 27.1. The Bertz CT molecular complexity index is 798. The number of hydrogen-bond acceptors (Lipinski definition) is 7. The summed E-state index contributed by atoms with van der Waals surface area (Å²) < 4.78 is 17.3. The van der Waals surface area contributed by atoms with Crippen molar-refractivity contribution in [2.24, 2.45) is 11.8 Å². The SMILES string of the molecule is CCCCCCCCC(CCCCCC)C(=O)OCCN(CCOC(=O)C(CCCCCC)CCCCCCCC)C(=O)C(C)N1CCOCC1. The maximum absolute atomic E-state index is 13.8. The van der Waals surface area contributed by atoms with Gasteiger partial charge in [-0.05, 0) is 32.6 Å². The van der Waals surface area contributed by atoms with E-state index in [1.165, 1.54) is 77.0 Å². The normalized spacial score (nSPS) is 15.3. The molecular weight excluding hydrogens is 640 g/mol. The van der Waals surface area contributed by atoms with E-state index >= 15 is 0 Å². The summed E-state index contributed by atoms with van der Waals surface area (Å²) in [6, 6.07) is -0.321. The fourth-order valence-corrected chi connectivity index (χ4v) is 7.20. The van der Waals surface area contributed by atoms with Crippen molar-refractivity contribution in [1.82, 2.24) is 9.80 Å². The molecule has 0 aromatic carbocycles. The highest BCUT2D eigenvalue weighted by atomic mass is 16.5. The molecule has 0 saturated carbocycles. The van der Waals surface area contributed by atoms with Crippen LogP contribution in [-0.4, -0.2) is 86.3 Å². The van der Waals surface area contributed by atoms with Crippen molar-refractivity contribution in [3.05, 3.63) is 0 Å². The molecule has 1 aliphatic rings. The van der Waals surface area contributed by atoms with E-state index in [1.807, 2.05) is 6.92 Å². The molecule has 3 atom stereocenters. The maximum Gasteiger partial charge on any atom is 0.308 e. The van der Waals surface area contributed by atoms with Gasteiger partial charge in [-0.15, -0.1) is 0 Å². The number of hydrogen-bond donors (Lipinski definition) is 0. The minimum atomic E-state index is -0.321. The van der Waals surface area contributed by atoms with Gasteiger partial charge in [-0.25, -0.2) is 0 Å². The van der Waals surface area contributed by atoms with Crippen molar-refractivity contribution in [2.45, 2.75) is 195 Å². The fraction of sp³-hybridized carbons (Fsp3) is 0.930. The molecule has 0 radical (unpaired) electrons. The third-order valence-corrected chi connectivity index (χ3v) is 10.8. The van der Waals surface area contributed by atoms with Crippen molar-refractivity contribution in [2.75, 3.05) is 52.6 Å². The predicted molar refractivity (Wildman–Crippen MR) is 211 cm³/mol. The molecule has 300 valence electrons. The Balaban J connectivity index is 2.82. The van der Waals surface area contributed by atoms with E-state index in [0.29, 0.717) is 39.4 Å². The van der Waals surface area contributed by atoms with Crippen LogP contribution in [0.5, 0.6) is 0 Å². The number of carbonyl (C=O) groups excluding carboxylic acids is 3. The molecule has 1 saturated heterocycles. The van der Waals surface area contributed by atoms with Crippen molar-refractivity contribution in [1.29, 1.82) is 0 Å². The monoisotopic (exact) mass is 723 g/mol. The van der Waals surface area contributed by atoms with E-state index in [2.05, 4.69) is 32.6 Å². The lowest BCUT2D eigenvalue weighted by Crippen LogP contribution is -2.52. The molecule has 0 bridgehead atoms. The first kappa shape index (κ1) is 47.4. The highest BCUT2D eigenvalue weighted by Gasteiger charge is 2.28. The quantitative estimate of drug-likeness (QED) is 0.0483. The molecular formula is C43H82N2O6. The van der Waals surface area contributed by atoms with Crippen molar-refractivity contribution in [3.63, 3.8) is 0 Å². The number of ether oxygens (including phenoxy) is 3. The minimum Gasteiger partial charge on any atom is -0.464 e. The van der Waals surface area contributed by atoms with Gasteiger partial charge >= 0.3 is 11.9 Å². The molecule has 0 aromatic rings. The van der Waals surface area contributed by atoms with E-state index < -0.39 is 0 Å². The van der Waals surface area contributed by atoms with Crippen LogP contribution >= 0.6 is 0 Å². The Morgan fingerprint density at radius 2 is 0.882 bits per heavy atom. The molecule has 1 heterocycles. The Labute approximate surface area is 314 Å². The van der Waals surface area contributed by atoms with Gasteiger partial charge in [-0.1, -0.05) is 156 Å². The number of nitrogens with zero attached hydrogens (tertiary/aromatic N) is 2. The van der Waals surface area contributed by atoms with E-state index in [0.717, 1.165) is 77.0 Å². The lowest BCUT2D eigenvalue weighted by atomic mass is 9.94. The summed E-state index contributed by atoms with van der Waals surface area (Å²) in [4.78, 5) is 44.4. The van der Waals surface area contributed by atoms with Crippen LogP contribution in [0.2, 0.25) is 0 Å². The van der Waals surface area contributed by atoms with Crippen molar-refractivity contribution >= 4 is 17.8 Å². The first-order valence-corrected chi connectivity index (χ1v) is 21.8. The van der Waals surface area contributed by atoms with Crippen LogP contribution < -0.4 is 0 Å². The number of carbonyl (C=O) groups is 3. The zero-order chi connectivity index (χ0) is 37.4. The molecule has 0 aliphatic carbocycles. The summed E-state index contributed by atoms with van der Waals surface area (Å²) >= 11 is 0. The molecule has 51 heavy (non-hydrogen) atoms. The molecule has 8 nitrogen and oxygen atoms in total. The van der Waals surface area contributed by atoms with Gasteiger partial charge in [0, 0.05) is 13.1 Å². The van der Waals surface area contributed by atoms with Gasteiger partial charge in [-0.2, -0.15) is 0 Å². The van der Waals surface area contributed by atoms with Gasteiger partial charge in [-0.3, -0.25) is 19.3 Å². The van der Waals surface area contributed by atoms with E-state index in [4.69, 9.17) is 14.2 Å². The van der Waals surface area contributed by atoms with Crippen LogP contribution in [-0.2, 0) is 28.6 Å². The summed E-state index contributed by atoms with van der Waals surface area (Å²) in [6.45, 7) is 14.4.